The van der Waals surface area contributed by atoms with Gasteiger partial charge in [-0.2, -0.15) is 36.3 Å². The molecule has 0 aliphatic rings. The van der Waals surface area contributed by atoms with Crippen molar-refractivity contribution < 1.29 is 113 Å². The van der Waals surface area contributed by atoms with Gasteiger partial charge in [0.1, 0.15) is 56.9 Å². The van der Waals surface area contributed by atoms with E-state index in [9.17, 15) is 45.5 Å². The highest BCUT2D eigenvalue weighted by Crippen LogP contribution is 2.25. The second kappa shape index (κ2) is 69.2. The molecule has 139 heavy (non-hydrogen) atoms. The highest BCUT2D eigenvalue weighted by Gasteiger charge is 2.39. The van der Waals surface area contributed by atoms with E-state index in [4.69, 9.17) is 112 Å². The summed E-state index contributed by atoms with van der Waals surface area (Å²) in [6, 6.07) is 48.8. The molecule has 6 aromatic carbocycles. The number of hydrogen-bond acceptors (Lipinski definition) is 20. The monoisotopic (exact) mass is 2000 g/mol. The van der Waals surface area contributed by atoms with Gasteiger partial charge < -0.3 is 80.5 Å². The molecule has 776 valence electrons. The van der Waals surface area contributed by atoms with Gasteiger partial charge in [0, 0.05) is 37.1 Å². The third-order valence-electron chi connectivity index (χ3n) is 18.8. The molecule has 14 N–H and O–H groups in total. The van der Waals surface area contributed by atoms with Crippen LogP contribution in [0.15, 0.2) is 156 Å². The van der Waals surface area contributed by atoms with E-state index in [1.807, 2.05) is 97.1 Å². The van der Waals surface area contributed by atoms with Crippen LogP contribution < -0.4 is 51.4 Å². The summed E-state index contributed by atoms with van der Waals surface area (Å²) in [5, 5.41) is 43.3. The number of rotatable bonds is 54. The molecular formula is C103H150Cl2F6N10O18. The molecule has 36 heteroatoms. The summed E-state index contributed by atoms with van der Waals surface area (Å²) in [4.78, 5) is 75.6. The van der Waals surface area contributed by atoms with Crippen LogP contribution in [0.25, 0.3) is 0 Å². The number of carboxylic acids is 2. The lowest BCUT2D eigenvalue weighted by molar-refractivity contribution is -0.193. The van der Waals surface area contributed by atoms with Gasteiger partial charge in [-0.3, -0.25) is 31.2 Å². The van der Waals surface area contributed by atoms with Crippen molar-refractivity contribution in [3.05, 3.63) is 179 Å². The van der Waals surface area contributed by atoms with Crippen molar-refractivity contribution in [2.45, 2.75) is 317 Å². The number of nitrogens with two attached hydrogens (primary N) is 4. The van der Waals surface area contributed by atoms with E-state index >= 15 is 0 Å². The third-order valence-corrected chi connectivity index (χ3v) is 18.8. The zero-order valence-corrected chi connectivity index (χ0v) is 84.4. The van der Waals surface area contributed by atoms with Crippen molar-refractivity contribution in [2.75, 3.05) is 39.6 Å². The van der Waals surface area contributed by atoms with Gasteiger partial charge in [-0.15, -0.1) is 24.8 Å². The number of aliphatic imine (C=N–C) groups is 2. The Bertz CT molecular complexity index is 4310. The van der Waals surface area contributed by atoms with Gasteiger partial charge in [0.15, 0.2) is 0 Å². The third kappa shape index (κ3) is 72.3. The minimum Gasteiger partial charge on any atom is -0.494 e. The summed E-state index contributed by atoms with van der Waals surface area (Å²) in [5.41, 5.74) is 27.0. The van der Waals surface area contributed by atoms with Crippen molar-refractivity contribution in [1.82, 2.24) is 0 Å². The van der Waals surface area contributed by atoms with Crippen molar-refractivity contribution in [3.8, 4) is 34.5 Å². The van der Waals surface area contributed by atoms with Crippen molar-refractivity contribution in [3.63, 3.8) is 0 Å². The van der Waals surface area contributed by atoms with E-state index in [0.29, 0.717) is 89.2 Å². The van der Waals surface area contributed by atoms with Crippen LogP contribution in [0.2, 0.25) is 0 Å². The topological polar surface area (TPSA) is 459 Å². The van der Waals surface area contributed by atoms with E-state index in [1.165, 1.54) is 28.7 Å². The summed E-state index contributed by atoms with van der Waals surface area (Å²) in [5.74, 6) is -0.113. The van der Waals surface area contributed by atoms with Crippen LogP contribution in [0.4, 0.5) is 35.9 Å². The molecule has 0 aliphatic carbocycles. The predicted molar refractivity (Wildman–Crippen MR) is 538 cm³/mol. The molecule has 0 aliphatic heterocycles. The van der Waals surface area contributed by atoms with Gasteiger partial charge in [-0.05, 0) is 331 Å². The molecule has 0 aromatic heterocycles. The van der Waals surface area contributed by atoms with Crippen LogP contribution in [0, 0.1) is 21.6 Å². The van der Waals surface area contributed by atoms with Crippen LogP contribution in [-0.2, 0) is 76.7 Å². The van der Waals surface area contributed by atoms with Crippen LogP contribution in [0.3, 0.4) is 0 Å². The number of amidine groups is 4. The highest BCUT2D eigenvalue weighted by atomic mass is 35.5. The zero-order valence-electron chi connectivity index (χ0n) is 82.7. The number of ether oxygens (including phenoxy) is 10. The summed E-state index contributed by atoms with van der Waals surface area (Å²) in [7, 11) is 0. The maximum atomic E-state index is 12.5. The number of carbonyl (C=O) groups excluding carboxylic acids is 4. The fraction of sp³-hybridized carbons (Fsp3) is 0.534. The van der Waals surface area contributed by atoms with Crippen molar-refractivity contribution in [1.29, 1.82) is 21.6 Å². The number of benzene rings is 6. The lowest BCUT2D eigenvalue weighted by Gasteiger charge is -2.20. The molecule has 0 bridgehead atoms. The predicted octanol–water partition coefficient (Wildman–Crippen LogP) is 23.7. The van der Waals surface area contributed by atoms with Crippen LogP contribution in [0.1, 0.15) is 277 Å². The van der Waals surface area contributed by atoms with Gasteiger partial charge in [0.25, 0.3) is 0 Å². The first-order valence-electron chi connectivity index (χ1n) is 46.5. The molecule has 0 radical (unpaired) electrons. The smallest absolute Gasteiger partial charge is 0.490 e. The Balaban J connectivity index is 0.00000201. The first kappa shape index (κ1) is 127. The summed E-state index contributed by atoms with van der Waals surface area (Å²) in [6.45, 7) is 25.6. The Morgan fingerprint density at radius 1 is 0.273 bits per heavy atom. The second-order valence-corrected chi connectivity index (χ2v) is 36.5. The second-order valence-electron chi connectivity index (χ2n) is 36.5. The average molecular weight is 2000 g/mol. The summed E-state index contributed by atoms with van der Waals surface area (Å²) < 4.78 is 120. The number of carboxylic acid groups (broad SMARTS) is 2. The Labute approximate surface area is 828 Å². The molecule has 0 unspecified atom stereocenters. The molecule has 0 fully saturated rings. The minimum atomic E-state index is -5.08. The number of amides is 2. The molecular weight excluding hydrogens is 1850 g/mol. The number of hydrogen-bond donors (Lipinski definition) is 10. The fourth-order valence-electron chi connectivity index (χ4n) is 12.4. The molecule has 2 amide bonds. The van der Waals surface area contributed by atoms with Gasteiger partial charge in [-0.25, -0.2) is 19.2 Å². The molecule has 0 saturated heterocycles. The zero-order chi connectivity index (χ0) is 102. The first-order valence-corrected chi connectivity index (χ1v) is 46.5. The normalized spacial score (nSPS) is 11.4. The standard InChI is InChI=1S/C47H70N2O10.C27H40N4O2.C25H36N4O2.2C2HF3O2.2ClH/c1-44(2,3)56-40(50)32-36(48-42(52)58-46(7,8)9)20-16-18-34-22-26-38(27-23-34)54-30-14-13-15-31-55-39-28-24-35(25-29-39)19-17-21-37(33-41(51)57-45(4,5)6)49-43(53)59-47(10,11)12;28-26(29)10-6-8-22-12-16-24(17-13-22)32-20-4-2-1-3-5-21-33-25-18-14-23(15-19-25)9-7-11-27(30)31;26-24(27)8-4-6-20-10-14-22(15-11-20)30-18-2-1-3-19-31-23-16-12-21(13-17-23)7-5-9-25(28)29;2*3-2(4,5)1(6)7;;/h22-29H,13-21,30-33H2,1-12H3;12-19H,1-11,20-21H2,(H3,28,29)(H3,30,31);10-17H,1-9,18-19H2,(H3,26,27)(H3,28,29);2*(H,6,7);2*1H. The van der Waals surface area contributed by atoms with Crippen LogP contribution in [-0.4, -0.2) is 155 Å². The van der Waals surface area contributed by atoms with E-state index in [1.54, 1.807) is 83.1 Å². The lowest BCUT2D eigenvalue weighted by Crippen LogP contribution is -2.26. The Hall–Kier alpha value is -11.7. The van der Waals surface area contributed by atoms with Gasteiger partial charge in [-0.1, -0.05) is 92.1 Å². The van der Waals surface area contributed by atoms with Gasteiger partial charge >= 0.3 is 48.4 Å². The fourth-order valence-corrected chi connectivity index (χ4v) is 12.4. The number of aliphatic carboxylic acids is 2. The molecule has 28 nitrogen and oxygen atoms in total. The van der Waals surface area contributed by atoms with E-state index in [0.717, 1.165) is 187 Å². The molecule has 0 spiro atoms. The quantitative estimate of drug-likeness (QED) is 0.00423. The molecule has 0 atom stereocenters. The average Bonchev–Trinajstić information content (AvgIpc) is 0.894. The van der Waals surface area contributed by atoms with Crippen LogP contribution >= 0.6 is 24.8 Å². The molecule has 0 saturated carbocycles. The number of unbranched alkanes of at least 4 members (excludes halogenated alkanes) is 8. The van der Waals surface area contributed by atoms with Gasteiger partial charge in [0.2, 0.25) is 0 Å². The summed E-state index contributed by atoms with van der Waals surface area (Å²) in [6.07, 6.45) is 13.5. The Morgan fingerprint density at radius 2 is 0.432 bits per heavy atom. The van der Waals surface area contributed by atoms with Crippen LogP contribution in [0.5, 0.6) is 34.5 Å². The van der Waals surface area contributed by atoms with E-state index in [-0.39, 0.29) is 61.0 Å². The minimum absolute atomic E-state index is 0. The number of esters is 2. The lowest BCUT2D eigenvalue weighted by atomic mass is 10.0. The largest absolute Gasteiger partial charge is 0.494 e. The molecule has 6 aromatic rings. The number of halogens is 8. The van der Waals surface area contributed by atoms with Gasteiger partial charge in [0.05, 0.1) is 75.8 Å². The maximum absolute atomic E-state index is 12.5. The highest BCUT2D eigenvalue weighted by molar-refractivity contribution is 6.04. The van der Waals surface area contributed by atoms with Crippen molar-refractivity contribution in [2.24, 2.45) is 32.9 Å². The van der Waals surface area contributed by atoms with E-state index in [2.05, 4.69) is 58.5 Å². The van der Waals surface area contributed by atoms with E-state index < -0.39 is 70.8 Å². The number of nitrogens with one attached hydrogen (secondary N) is 4. The number of carbonyl (C=O) groups is 6. The SMILES string of the molecule is CC(C)(C)OC(=O)CC(CCCc1ccc(OCCCCCOc2ccc(CCCC(CC(=O)OC(C)(C)C)=NC(=O)OC(C)(C)C)cc2)cc1)=NC(=O)OC(C)(C)C.Cl.Cl.N=C(N)CCCc1ccc(OCCCCCCCOc2ccc(CCCC(=N)N)cc2)cc1.N=C(N)CCCc1ccc(OCCCCCOc2ccc(CCCC(=N)N)cc2)cc1.O=C(O)C(F)(F)F.O=C(O)C(F)(F)F. The maximum Gasteiger partial charge on any atom is 0.490 e. The first-order chi connectivity index (χ1) is 64.3. The number of alkyl halides is 6. The summed E-state index contributed by atoms with van der Waals surface area (Å²) >= 11 is 0. The molecule has 6 rings (SSSR count). The number of aryl methyl sites for hydroxylation is 6. The Morgan fingerprint density at radius 3 is 0.590 bits per heavy atom. The number of nitrogens with zero attached hydrogens (tertiary/aromatic N) is 2. The van der Waals surface area contributed by atoms with Crippen molar-refractivity contribution >= 4 is 95.6 Å². The molecule has 0 heterocycles. The Kier molecular flexibility index (Phi) is 63.4.